The number of nitrogens with zero attached hydrogens (tertiary/aromatic N) is 3. The molecule has 0 saturated carbocycles. The van der Waals surface area contributed by atoms with E-state index in [0.29, 0.717) is 6.54 Å². The number of aromatic amines is 1. The van der Waals surface area contributed by atoms with E-state index in [0.717, 1.165) is 41.1 Å². The number of H-pyrrole nitrogens is 1. The molecule has 28 heavy (non-hydrogen) atoms. The topological polar surface area (TPSA) is 53.9 Å². The molecule has 2 aromatic heterocycles. The zero-order valence-corrected chi connectivity index (χ0v) is 17.2. The molecule has 3 aromatic rings. The highest BCUT2D eigenvalue weighted by atomic mass is 16.1. The highest BCUT2D eigenvalue weighted by Crippen LogP contribution is 2.30. The summed E-state index contributed by atoms with van der Waals surface area (Å²) in [5.41, 5.74) is 3.47. The number of hydrogen-bond donors (Lipinski definition) is 1. The first-order chi connectivity index (χ1) is 13.4. The Balaban J connectivity index is 1.82. The summed E-state index contributed by atoms with van der Waals surface area (Å²) in [4.78, 5) is 18.5. The van der Waals surface area contributed by atoms with Gasteiger partial charge < -0.3 is 4.98 Å². The molecule has 0 spiro atoms. The molecule has 0 unspecified atom stereocenters. The molecule has 0 radical (unpaired) electrons. The van der Waals surface area contributed by atoms with Crippen LogP contribution in [0, 0.1) is 0 Å². The van der Waals surface area contributed by atoms with Crippen molar-refractivity contribution in [2.75, 3.05) is 13.1 Å². The highest BCUT2D eigenvalue weighted by molar-refractivity contribution is 5.81. The lowest BCUT2D eigenvalue weighted by molar-refractivity contribution is 0.276. The maximum atomic E-state index is 12.9. The van der Waals surface area contributed by atoms with Crippen LogP contribution in [-0.4, -0.2) is 32.8 Å². The summed E-state index contributed by atoms with van der Waals surface area (Å²) in [5, 5.41) is 5.95. The van der Waals surface area contributed by atoms with Crippen LogP contribution in [0.2, 0.25) is 0 Å². The second kappa shape index (κ2) is 7.55. The molecule has 0 atom stereocenters. The number of para-hydroxylation sites is 1. The summed E-state index contributed by atoms with van der Waals surface area (Å²) in [7, 11) is 0. The number of hydrogen-bond acceptors (Lipinski definition) is 3. The Hall–Kier alpha value is -2.40. The highest BCUT2D eigenvalue weighted by Gasteiger charge is 2.24. The summed E-state index contributed by atoms with van der Waals surface area (Å²) in [5.74, 6) is 0. The number of nitrogens with one attached hydrogen (secondary N) is 1. The summed E-state index contributed by atoms with van der Waals surface area (Å²) < 4.78 is 1.87. The molecule has 5 heteroatoms. The normalized spacial score (nSPS) is 16.4. The van der Waals surface area contributed by atoms with Crippen LogP contribution in [0.25, 0.3) is 16.7 Å². The molecule has 148 valence electrons. The molecule has 5 nitrogen and oxygen atoms in total. The van der Waals surface area contributed by atoms with Crippen LogP contribution in [0.1, 0.15) is 57.7 Å². The minimum Gasteiger partial charge on any atom is -0.306 e. The maximum absolute atomic E-state index is 12.9. The van der Waals surface area contributed by atoms with Gasteiger partial charge in [-0.15, -0.1) is 0 Å². The van der Waals surface area contributed by atoms with Crippen molar-refractivity contribution >= 4 is 11.0 Å². The summed E-state index contributed by atoms with van der Waals surface area (Å²) in [6, 6.07) is 12.1. The third-order valence-electron chi connectivity index (χ3n) is 5.57. The van der Waals surface area contributed by atoms with Gasteiger partial charge in [-0.05, 0) is 44.1 Å². The SMILES string of the molecule is CC(C)(C)c1nn(-c2ccccc2)c2[nH]c(=O)c(CN3CCCCCC3)cc12. The summed E-state index contributed by atoms with van der Waals surface area (Å²) >= 11 is 0. The smallest absolute Gasteiger partial charge is 0.254 e. The molecule has 4 rings (SSSR count). The minimum absolute atomic E-state index is 0.00529. The predicted molar refractivity (Wildman–Crippen MR) is 114 cm³/mol. The first kappa shape index (κ1) is 18.9. The van der Waals surface area contributed by atoms with Gasteiger partial charge >= 0.3 is 0 Å². The molecular weight excluding hydrogens is 348 g/mol. The average molecular weight is 379 g/mol. The van der Waals surface area contributed by atoms with Crippen LogP contribution < -0.4 is 5.56 Å². The van der Waals surface area contributed by atoms with Gasteiger partial charge in [-0.2, -0.15) is 5.10 Å². The zero-order valence-electron chi connectivity index (χ0n) is 17.2. The molecule has 1 saturated heterocycles. The van der Waals surface area contributed by atoms with Gasteiger partial charge in [0, 0.05) is 22.9 Å². The van der Waals surface area contributed by atoms with Gasteiger partial charge in [-0.3, -0.25) is 9.69 Å². The van der Waals surface area contributed by atoms with Gasteiger partial charge in [-0.1, -0.05) is 51.8 Å². The Morgan fingerprint density at radius 1 is 1.04 bits per heavy atom. The molecule has 1 aromatic carbocycles. The Kier molecular flexibility index (Phi) is 5.11. The van der Waals surface area contributed by atoms with Gasteiger partial charge in [0.2, 0.25) is 0 Å². The van der Waals surface area contributed by atoms with E-state index in [9.17, 15) is 4.79 Å². The Labute approximate surface area is 166 Å². The number of aromatic nitrogens is 3. The van der Waals surface area contributed by atoms with Gasteiger partial charge in [0.1, 0.15) is 5.65 Å². The second-order valence-corrected chi connectivity index (χ2v) is 8.92. The van der Waals surface area contributed by atoms with E-state index >= 15 is 0 Å². The maximum Gasteiger partial charge on any atom is 0.254 e. The third-order valence-corrected chi connectivity index (χ3v) is 5.57. The third kappa shape index (κ3) is 3.76. The monoisotopic (exact) mass is 378 g/mol. The van der Waals surface area contributed by atoms with E-state index in [2.05, 4.69) is 36.7 Å². The number of likely N-dealkylation sites (tertiary alicyclic amines) is 1. The minimum atomic E-state index is -0.115. The number of fused-ring (bicyclic) bond motifs is 1. The van der Waals surface area contributed by atoms with Crippen LogP contribution >= 0.6 is 0 Å². The number of benzene rings is 1. The van der Waals surface area contributed by atoms with E-state index in [-0.39, 0.29) is 11.0 Å². The van der Waals surface area contributed by atoms with E-state index in [1.165, 1.54) is 25.7 Å². The molecule has 1 aliphatic heterocycles. The quantitative estimate of drug-likeness (QED) is 0.735. The lowest BCUT2D eigenvalue weighted by Crippen LogP contribution is -2.28. The van der Waals surface area contributed by atoms with Crippen LogP contribution in [0.4, 0.5) is 0 Å². The summed E-state index contributed by atoms with van der Waals surface area (Å²) in [6.07, 6.45) is 5.03. The lowest BCUT2D eigenvalue weighted by Gasteiger charge is -2.19. The van der Waals surface area contributed by atoms with Gasteiger partial charge in [0.15, 0.2) is 0 Å². The summed E-state index contributed by atoms with van der Waals surface area (Å²) in [6.45, 7) is 9.38. The van der Waals surface area contributed by atoms with Crippen molar-refractivity contribution in [3.05, 3.63) is 58.0 Å². The van der Waals surface area contributed by atoms with Crippen LogP contribution in [0.3, 0.4) is 0 Å². The predicted octanol–water partition coefficient (Wildman–Crippen LogP) is 4.39. The van der Waals surface area contributed by atoms with Crippen molar-refractivity contribution in [3.63, 3.8) is 0 Å². The number of pyridine rings is 1. The first-order valence-corrected chi connectivity index (χ1v) is 10.4. The molecule has 3 heterocycles. The Morgan fingerprint density at radius 3 is 2.36 bits per heavy atom. The molecule has 0 aliphatic carbocycles. The molecule has 0 amide bonds. The zero-order chi connectivity index (χ0) is 19.7. The van der Waals surface area contributed by atoms with Gasteiger partial charge in [0.25, 0.3) is 5.56 Å². The second-order valence-electron chi connectivity index (χ2n) is 8.92. The van der Waals surface area contributed by atoms with E-state index in [1.807, 2.05) is 35.0 Å². The van der Waals surface area contributed by atoms with Crippen molar-refractivity contribution < 1.29 is 0 Å². The molecule has 0 bridgehead atoms. The van der Waals surface area contributed by atoms with Crippen molar-refractivity contribution in [2.45, 2.75) is 58.4 Å². The van der Waals surface area contributed by atoms with E-state index in [4.69, 9.17) is 5.10 Å². The van der Waals surface area contributed by atoms with Crippen LogP contribution in [0.5, 0.6) is 0 Å². The van der Waals surface area contributed by atoms with Crippen LogP contribution in [0.15, 0.2) is 41.2 Å². The van der Waals surface area contributed by atoms with Crippen molar-refractivity contribution in [1.29, 1.82) is 0 Å². The largest absolute Gasteiger partial charge is 0.306 e. The van der Waals surface area contributed by atoms with Crippen molar-refractivity contribution in [1.82, 2.24) is 19.7 Å². The average Bonchev–Trinajstić information content (AvgIpc) is 2.84. The molecule has 1 fully saturated rings. The van der Waals surface area contributed by atoms with E-state index in [1.54, 1.807) is 0 Å². The van der Waals surface area contributed by atoms with Crippen molar-refractivity contribution in [3.8, 4) is 5.69 Å². The molecular formula is C23H30N4O. The lowest BCUT2D eigenvalue weighted by atomic mass is 9.90. The standard InChI is InChI=1S/C23H30N4O/c1-23(2,3)20-19-15-17(16-26-13-9-4-5-10-14-26)22(28)24-21(19)27(25-20)18-11-7-6-8-12-18/h6-8,11-12,15H,4-5,9-10,13-14,16H2,1-3H3,(H,24,28). The Bertz CT molecular complexity index is 1000. The first-order valence-electron chi connectivity index (χ1n) is 10.4. The fraction of sp³-hybridized carbons (Fsp3) is 0.478. The van der Waals surface area contributed by atoms with Gasteiger partial charge in [-0.25, -0.2) is 4.68 Å². The molecule has 1 aliphatic rings. The fourth-order valence-corrected chi connectivity index (χ4v) is 4.08. The van der Waals surface area contributed by atoms with Crippen molar-refractivity contribution in [2.24, 2.45) is 0 Å². The fourth-order valence-electron chi connectivity index (χ4n) is 4.08. The molecule has 1 N–H and O–H groups in total. The number of rotatable bonds is 3. The van der Waals surface area contributed by atoms with E-state index < -0.39 is 0 Å². The van der Waals surface area contributed by atoms with Crippen LogP contribution in [-0.2, 0) is 12.0 Å². The Morgan fingerprint density at radius 2 is 1.71 bits per heavy atom. The van der Waals surface area contributed by atoms with Gasteiger partial charge in [0.05, 0.1) is 11.4 Å².